The molecule has 1 saturated carbocycles. The van der Waals surface area contributed by atoms with Crippen molar-refractivity contribution in [2.24, 2.45) is 5.92 Å². The van der Waals surface area contributed by atoms with Crippen LogP contribution in [0.5, 0.6) is 5.75 Å². The van der Waals surface area contributed by atoms with Gasteiger partial charge in [0.1, 0.15) is 11.6 Å². The molecule has 4 heteroatoms. The molecule has 2 fully saturated rings. The Balaban J connectivity index is 1.67. The van der Waals surface area contributed by atoms with Gasteiger partial charge in [-0.25, -0.2) is 4.39 Å². The fourth-order valence-electron chi connectivity index (χ4n) is 5.03. The van der Waals surface area contributed by atoms with Gasteiger partial charge in [0, 0.05) is 25.0 Å². The highest BCUT2D eigenvalue weighted by Crippen LogP contribution is 2.49. The van der Waals surface area contributed by atoms with Crippen LogP contribution in [0.4, 0.5) is 4.39 Å². The largest absolute Gasteiger partial charge is 0.497 e. The maximum Gasteiger partial charge on any atom is 0.123 e. The lowest BCUT2D eigenvalue weighted by Gasteiger charge is -2.52. The molecule has 0 amide bonds. The molecule has 1 saturated heterocycles. The molecule has 1 heterocycles. The van der Waals surface area contributed by atoms with Gasteiger partial charge in [-0.2, -0.15) is 0 Å². The quantitative estimate of drug-likeness (QED) is 0.848. The van der Waals surface area contributed by atoms with Crippen molar-refractivity contribution in [3.8, 4) is 5.75 Å². The number of methoxy groups -OCH3 is 1. The van der Waals surface area contributed by atoms with Crippen LogP contribution in [0.1, 0.15) is 49.3 Å². The molecule has 1 aliphatic carbocycles. The Morgan fingerprint density at radius 1 is 1.15 bits per heavy atom. The zero-order valence-electron chi connectivity index (χ0n) is 15.9. The second-order valence-electron chi connectivity index (χ2n) is 8.02. The molecule has 0 radical (unpaired) electrons. The minimum Gasteiger partial charge on any atom is -0.497 e. The Labute approximate surface area is 160 Å². The first-order valence-corrected chi connectivity index (χ1v) is 9.94. The average molecular weight is 369 g/mol. The highest BCUT2D eigenvalue weighted by atomic mass is 19.1. The molecule has 1 N–H and O–H groups in total. The average Bonchev–Trinajstić information content (AvgIpc) is 2.68. The Hall–Kier alpha value is -1.91. The third-order valence-corrected chi connectivity index (χ3v) is 6.40. The summed E-state index contributed by atoms with van der Waals surface area (Å²) in [6, 6.07) is 15.2. The van der Waals surface area contributed by atoms with Crippen LogP contribution in [0.15, 0.2) is 48.5 Å². The van der Waals surface area contributed by atoms with Crippen molar-refractivity contribution in [3.05, 3.63) is 65.5 Å². The summed E-state index contributed by atoms with van der Waals surface area (Å²) in [5.41, 5.74) is 1.60. The van der Waals surface area contributed by atoms with Gasteiger partial charge in [0.25, 0.3) is 0 Å². The molecule has 3 nitrogen and oxygen atoms in total. The van der Waals surface area contributed by atoms with Crippen LogP contribution in [0.3, 0.4) is 0 Å². The van der Waals surface area contributed by atoms with Crippen molar-refractivity contribution in [1.29, 1.82) is 0 Å². The molecule has 1 aliphatic heterocycles. The van der Waals surface area contributed by atoms with E-state index in [9.17, 15) is 9.50 Å². The number of hydrogen-bond acceptors (Lipinski definition) is 3. The van der Waals surface area contributed by atoms with Crippen molar-refractivity contribution in [2.75, 3.05) is 13.7 Å². The first-order chi connectivity index (χ1) is 13.1. The first kappa shape index (κ1) is 18.5. The third-order valence-electron chi connectivity index (χ3n) is 6.40. The van der Waals surface area contributed by atoms with Gasteiger partial charge in [-0.3, -0.25) is 4.90 Å². The van der Waals surface area contributed by atoms with E-state index in [1.165, 1.54) is 11.6 Å². The zero-order chi connectivity index (χ0) is 18.9. The van der Waals surface area contributed by atoms with Crippen molar-refractivity contribution in [1.82, 2.24) is 4.90 Å². The van der Waals surface area contributed by atoms with Crippen molar-refractivity contribution in [3.63, 3.8) is 0 Å². The number of halogens is 1. The molecular weight excluding hydrogens is 341 g/mol. The van der Waals surface area contributed by atoms with Gasteiger partial charge in [-0.05, 0) is 54.7 Å². The summed E-state index contributed by atoms with van der Waals surface area (Å²) in [6.07, 6.45) is 4.98. The van der Waals surface area contributed by atoms with Crippen LogP contribution in [0, 0.1) is 11.7 Å². The number of nitrogens with zero attached hydrogens (tertiary/aromatic N) is 1. The summed E-state index contributed by atoms with van der Waals surface area (Å²) < 4.78 is 19.0. The monoisotopic (exact) mass is 369 g/mol. The van der Waals surface area contributed by atoms with E-state index in [1.807, 2.05) is 18.2 Å². The second kappa shape index (κ2) is 7.61. The predicted molar refractivity (Wildman–Crippen MR) is 104 cm³/mol. The summed E-state index contributed by atoms with van der Waals surface area (Å²) in [6.45, 7) is 1.52. The molecule has 0 spiro atoms. The van der Waals surface area contributed by atoms with Crippen LogP contribution < -0.4 is 4.74 Å². The van der Waals surface area contributed by atoms with E-state index in [0.29, 0.717) is 6.54 Å². The van der Waals surface area contributed by atoms with Crippen LogP contribution in [0.25, 0.3) is 0 Å². The maximum absolute atomic E-state index is 13.7. The molecule has 0 aromatic heterocycles. The normalized spacial score (nSPS) is 28.6. The van der Waals surface area contributed by atoms with Gasteiger partial charge in [0.15, 0.2) is 0 Å². The van der Waals surface area contributed by atoms with Gasteiger partial charge in [0.2, 0.25) is 0 Å². The minimum absolute atomic E-state index is 0.137. The summed E-state index contributed by atoms with van der Waals surface area (Å²) in [5, 5.41) is 11.3. The number of ether oxygens (including phenoxy) is 1. The number of likely N-dealkylation sites (tertiary alicyclic amines) is 1. The Morgan fingerprint density at radius 2 is 1.96 bits per heavy atom. The molecule has 27 heavy (non-hydrogen) atoms. The molecule has 0 bridgehead atoms. The first-order valence-electron chi connectivity index (χ1n) is 9.94. The molecule has 144 valence electrons. The lowest BCUT2D eigenvalue weighted by atomic mass is 9.66. The van der Waals surface area contributed by atoms with E-state index in [0.717, 1.165) is 50.0 Å². The van der Waals surface area contributed by atoms with E-state index in [2.05, 4.69) is 17.0 Å². The van der Waals surface area contributed by atoms with Gasteiger partial charge in [-0.15, -0.1) is 0 Å². The predicted octanol–water partition coefficient (Wildman–Crippen LogP) is 4.70. The maximum atomic E-state index is 13.7. The fraction of sp³-hybridized carbons (Fsp3) is 0.478. The summed E-state index contributed by atoms with van der Waals surface area (Å²) in [5.74, 6) is 0.853. The highest BCUT2D eigenvalue weighted by molar-refractivity contribution is 5.31. The van der Waals surface area contributed by atoms with Crippen molar-refractivity contribution < 1.29 is 14.2 Å². The van der Waals surface area contributed by atoms with Gasteiger partial charge >= 0.3 is 0 Å². The van der Waals surface area contributed by atoms with Gasteiger partial charge in [-0.1, -0.05) is 37.1 Å². The number of aliphatic hydroxyl groups is 1. The zero-order valence-corrected chi connectivity index (χ0v) is 15.9. The Bertz CT molecular complexity index is 778. The summed E-state index contributed by atoms with van der Waals surface area (Å²) >= 11 is 0. The highest BCUT2D eigenvalue weighted by Gasteiger charge is 2.48. The molecule has 2 aliphatic rings. The van der Waals surface area contributed by atoms with Crippen LogP contribution >= 0.6 is 0 Å². The standard InChI is InChI=1S/C23H28FNO2/c1-27-20-10-8-18(9-11-20)22-21-7-2-3-12-23(21,26)13-14-25(22)16-17-5-4-6-19(24)15-17/h4-6,8-11,15,21-22,26H,2-3,7,12-14,16H2,1H3/t21-,22+,23-/m1/s1. The summed E-state index contributed by atoms with van der Waals surface area (Å²) in [7, 11) is 1.67. The molecular formula is C23H28FNO2. The van der Waals surface area contributed by atoms with Crippen LogP contribution in [0.2, 0.25) is 0 Å². The molecule has 2 aromatic carbocycles. The van der Waals surface area contributed by atoms with Crippen LogP contribution in [-0.4, -0.2) is 29.3 Å². The lowest BCUT2D eigenvalue weighted by Crippen LogP contribution is -2.54. The number of hydrogen-bond donors (Lipinski definition) is 1. The number of fused-ring (bicyclic) bond motifs is 1. The minimum atomic E-state index is -0.582. The Morgan fingerprint density at radius 3 is 2.70 bits per heavy atom. The lowest BCUT2D eigenvalue weighted by molar-refractivity contribution is -0.126. The fourth-order valence-corrected chi connectivity index (χ4v) is 5.03. The van der Waals surface area contributed by atoms with E-state index in [1.54, 1.807) is 19.2 Å². The molecule has 4 rings (SSSR count). The van der Waals surface area contributed by atoms with Crippen molar-refractivity contribution in [2.45, 2.75) is 50.3 Å². The topological polar surface area (TPSA) is 32.7 Å². The van der Waals surface area contributed by atoms with Gasteiger partial charge in [0.05, 0.1) is 12.7 Å². The molecule has 2 aromatic rings. The van der Waals surface area contributed by atoms with E-state index < -0.39 is 5.60 Å². The van der Waals surface area contributed by atoms with E-state index in [-0.39, 0.29) is 17.8 Å². The number of rotatable bonds is 4. The van der Waals surface area contributed by atoms with Crippen LogP contribution in [-0.2, 0) is 6.54 Å². The SMILES string of the molecule is COc1ccc([C@H]2[C@H]3CCCC[C@@]3(O)CCN2Cc2cccc(F)c2)cc1. The van der Waals surface area contributed by atoms with Gasteiger partial charge < -0.3 is 9.84 Å². The summed E-state index contributed by atoms with van der Waals surface area (Å²) in [4.78, 5) is 2.42. The molecule has 3 atom stereocenters. The second-order valence-corrected chi connectivity index (χ2v) is 8.02. The van der Waals surface area contributed by atoms with E-state index >= 15 is 0 Å². The number of piperidine rings is 1. The number of benzene rings is 2. The third kappa shape index (κ3) is 3.74. The molecule has 0 unspecified atom stereocenters. The van der Waals surface area contributed by atoms with E-state index in [4.69, 9.17) is 4.74 Å². The van der Waals surface area contributed by atoms with Crippen molar-refractivity contribution >= 4 is 0 Å². The smallest absolute Gasteiger partial charge is 0.123 e. The Kier molecular flexibility index (Phi) is 5.20.